The van der Waals surface area contributed by atoms with E-state index in [0.29, 0.717) is 21.8 Å². The molecule has 0 spiro atoms. The predicted molar refractivity (Wildman–Crippen MR) is 87.9 cm³/mol. The number of fused-ring (bicyclic) bond motifs is 1. The molecule has 1 aromatic heterocycles. The van der Waals surface area contributed by atoms with E-state index >= 15 is 0 Å². The van der Waals surface area contributed by atoms with Crippen molar-refractivity contribution in [1.82, 2.24) is 10.3 Å². The zero-order chi connectivity index (χ0) is 16.4. The second kappa shape index (κ2) is 6.14. The number of aromatic nitrogens is 1. The number of aromatic carboxylic acids is 1. The maximum absolute atomic E-state index is 12.2. The smallest absolute Gasteiger partial charge is 0.335 e. The van der Waals surface area contributed by atoms with Crippen LogP contribution in [0.2, 0.25) is 5.02 Å². The lowest BCUT2D eigenvalue weighted by Crippen LogP contribution is -2.23. The number of H-pyrrole nitrogens is 1. The van der Waals surface area contributed by atoms with Crippen molar-refractivity contribution in [1.29, 1.82) is 0 Å². The molecule has 0 saturated carbocycles. The van der Waals surface area contributed by atoms with Gasteiger partial charge in [0.25, 0.3) is 5.91 Å². The summed E-state index contributed by atoms with van der Waals surface area (Å²) >= 11 is 6.08. The van der Waals surface area contributed by atoms with Gasteiger partial charge in [-0.25, -0.2) is 4.79 Å². The molecule has 6 heteroatoms. The van der Waals surface area contributed by atoms with Gasteiger partial charge in [-0.3, -0.25) is 4.79 Å². The molecule has 116 valence electrons. The Kier molecular flexibility index (Phi) is 4.04. The third-order valence-corrected chi connectivity index (χ3v) is 3.79. The standard InChI is InChI=1S/C17H13ClN2O3/c18-13-6-2-4-11-8-14(20-15(11)13)16(21)19-9-10-3-1-5-12(7-10)17(22)23/h1-8,20H,9H2,(H,19,21)(H,22,23). The van der Waals surface area contributed by atoms with E-state index in [0.717, 1.165) is 5.39 Å². The topological polar surface area (TPSA) is 82.2 Å². The highest BCUT2D eigenvalue weighted by Gasteiger charge is 2.11. The SMILES string of the molecule is O=C(O)c1cccc(CNC(=O)c2cc3cccc(Cl)c3[nH]2)c1. The van der Waals surface area contributed by atoms with Crippen molar-refractivity contribution in [2.45, 2.75) is 6.54 Å². The summed E-state index contributed by atoms with van der Waals surface area (Å²) in [6, 6.07) is 13.6. The number of benzene rings is 2. The molecule has 0 bridgehead atoms. The molecule has 0 saturated heterocycles. The van der Waals surface area contributed by atoms with Gasteiger partial charge in [-0.1, -0.05) is 35.9 Å². The van der Waals surface area contributed by atoms with Crippen molar-refractivity contribution >= 4 is 34.4 Å². The highest BCUT2D eigenvalue weighted by Crippen LogP contribution is 2.23. The molecule has 0 aliphatic carbocycles. The Balaban J connectivity index is 1.75. The monoisotopic (exact) mass is 328 g/mol. The van der Waals surface area contributed by atoms with E-state index in [1.54, 1.807) is 24.3 Å². The minimum absolute atomic E-state index is 0.189. The molecule has 0 fully saturated rings. The van der Waals surface area contributed by atoms with Gasteiger partial charge in [0.15, 0.2) is 0 Å². The Bertz CT molecular complexity index is 902. The lowest BCUT2D eigenvalue weighted by molar-refractivity contribution is 0.0696. The summed E-state index contributed by atoms with van der Waals surface area (Å²) in [6.07, 6.45) is 0. The Hall–Kier alpha value is -2.79. The van der Waals surface area contributed by atoms with Gasteiger partial charge in [0, 0.05) is 11.9 Å². The molecule has 5 nitrogen and oxygen atoms in total. The lowest BCUT2D eigenvalue weighted by atomic mass is 10.1. The van der Waals surface area contributed by atoms with E-state index in [9.17, 15) is 9.59 Å². The maximum atomic E-state index is 12.2. The zero-order valence-electron chi connectivity index (χ0n) is 12.0. The van der Waals surface area contributed by atoms with Crippen LogP contribution >= 0.6 is 11.6 Å². The van der Waals surface area contributed by atoms with Crippen LogP contribution in [0.15, 0.2) is 48.5 Å². The van der Waals surface area contributed by atoms with Crippen molar-refractivity contribution in [3.63, 3.8) is 0 Å². The molecule has 3 aromatic rings. The van der Waals surface area contributed by atoms with E-state index < -0.39 is 5.97 Å². The highest BCUT2D eigenvalue weighted by atomic mass is 35.5. The summed E-state index contributed by atoms with van der Waals surface area (Å²) in [5.41, 5.74) is 2.02. The van der Waals surface area contributed by atoms with Crippen LogP contribution in [0.3, 0.4) is 0 Å². The van der Waals surface area contributed by atoms with Crippen LogP contribution in [-0.2, 0) is 6.54 Å². The molecule has 0 aliphatic rings. The van der Waals surface area contributed by atoms with E-state index in [1.165, 1.54) is 12.1 Å². The van der Waals surface area contributed by atoms with Crippen LogP contribution < -0.4 is 5.32 Å². The molecule has 2 aromatic carbocycles. The number of aromatic amines is 1. The third kappa shape index (κ3) is 3.19. The summed E-state index contributed by atoms with van der Waals surface area (Å²) in [5.74, 6) is -1.28. The first kappa shape index (κ1) is 15.1. The molecular formula is C17H13ClN2O3. The summed E-state index contributed by atoms with van der Waals surface area (Å²) in [7, 11) is 0. The average molecular weight is 329 g/mol. The van der Waals surface area contributed by atoms with Crippen LogP contribution in [0, 0.1) is 0 Å². The van der Waals surface area contributed by atoms with Gasteiger partial charge in [0.2, 0.25) is 0 Å². The number of halogens is 1. The third-order valence-electron chi connectivity index (χ3n) is 3.48. The minimum Gasteiger partial charge on any atom is -0.478 e. The molecule has 1 amide bonds. The molecule has 3 rings (SSSR count). The van der Waals surface area contributed by atoms with Gasteiger partial charge < -0.3 is 15.4 Å². The number of carbonyl (C=O) groups excluding carboxylic acids is 1. The van der Waals surface area contributed by atoms with Gasteiger partial charge in [-0.05, 0) is 29.8 Å². The quantitative estimate of drug-likeness (QED) is 0.686. The first-order valence-corrected chi connectivity index (χ1v) is 7.30. The zero-order valence-corrected chi connectivity index (χ0v) is 12.7. The van der Waals surface area contributed by atoms with E-state index in [2.05, 4.69) is 10.3 Å². The fraction of sp³-hybridized carbons (Fsp3) is 0.0588. The van der Waals surface area contributed by atoms with Crippen LogP contribution in [0.5, 0.6) is 0 Å². The van der Waals surface area contributed by atoms with Crippen molar-refractivity contribution in [2.75, 3.05) is 0 Å². The average Bonchev–Trinajstić information content (AvgIpc) is 2.98. The second-order valence-corrected chi connectivity index (χ2v) is 5.48. The van der Waals surface area contributed by atoms with Crippen molar-refractivity contribution < 1.29 is 14.7 Å². The molecule has 0 radical (unpaired) electrons. The molecular weight excluding hydrogens is 316 g/mol. The Labute approximate surface area is 136 Å². The number of nitrogens with one attached hydrogen (secondary N) is 2. The van der Waals surface area contributed by atoms with Crippen molar-refractivity contribution in [2.24, 2.45) is 0 Å². The maximum Gasteiger partial charge on any atom is 0.335 e. The number of carboxylic acids is 1. The summed E-state index contributed by atoms with van der Waals surface area (Å²) in [6.45, 7) is 0.239. The van der Waals surface area contributed by atoms with Crippen LogP contribution in [0.4, 0.5) is 0 Å². The van der Waals surface area contributed by atoms with Crippen molar-refractivity contribution in [3.8, 4) is 0 Å². The number of para-hydroxylation sites is 1. The number of carboxylic acid groups (broad SMARTS) is 1. The molecule has 0 unspecified atom stereocenters. The molecule has 23 heavy (non-hydrogen) atoms. The number of rotatable bonds is 4. The van der Waals surface area contributed by atoms with E-state index in [-0.39, 0.29) is 18.0 Å². The Morgan fingerprint density at radius 2 is 1.91 bits per heavy atom. The normalized spacial score (nSPS) is 10.7. The predicted octanol–water partition coefficient (Wildman–Crippen LogP) is 3.45. The minimum atomic E-state index is -0.997. The summed E-state index contributed by atoms with van der Waals surface area (Å²) in [4.78, 5) is 26.1. The Morgan fingerprint density at radius 1 is 1.13 bits per heavy atom. The van der Waals surface area contributed by atoms with E-state index in [1.807, 2.05) is 12.1 Å². The first-order valence-electron chi connectivity index (χ1n) is 6.92. The van der Waals surface area contributed by atoms with Gasteiger partial charge in [-0.15, -0.1) is 0 Å². The van der Waals surface area contributed by atoms with Gasteiger partial charge in [-0.2, -0.15) is 0 Å². The number of amides is 1. The Morgan fingerprint density at radius 3 is 2.65 bits per heavy atom. The second-order valence-electron chi connectivity index (χ2n) is 5.08. The van der Waals surface area contributed by atoms with Crippen LogP contribution in [-0.4, -0.2) is 22.0 Å². The molecule has 0 aliphatic heterocycles. The lowest BCUT2D eigenvalue weighted by Gasteiger charge is -2.05. The van der Waals surface area contributed by atoms with Crippen LogP contribution in [0.25, 0.3) is 10.9 Å². The van der Waals surface area contributed by atoms with Gasteiger partial charge in [0.1, 0.15) is 5.69 Å². The van der Waals surface area contributed by atoms with E-state index in [4.69, 9.17) is 16.7 Å². The number of hydrogen-bond acceptors (Lipinski definition) is 2. The number of carbonyl (C=O) groups is 2. The summed E-state index contributed by atoms with van der Waals surface area (Å²) < 4.78 is 0. The first-order chi connectivity index (χ1) is 11.0. The van der Waals surface area contributed by atoms with Gasteiger partial charge >= 0.3 is 5.97 Å². The molecule has 0 atom stereocenters. The molecule has 3 N–H and O–H groups in total. The van der Waals surface area contributed by atoms with Crippen LogP contribution in [0.1, 0.15) is 26.4 Å². The largest absolute Gasteiger partial charge is 0.478 e. The number of hydrogen-bond donors (Lipinski definition) is 3. The van der Waals surface area contributed by atoms with Gasteiger partial charge in [0.05, 0.1) is 16.1 Å². The fourth-order valence-corrected chi connectivity index (χ4v) is 2.56. The van der Waals surface area contributed by atoms with Crippen molar-refractivity contribution in [3.05, 3.63) is 70.4 Å². The highest BCUT2D eigenvalue weighted by molar-refractivity contribution is 6.35. The molecule has 1 heterocycles. The fourth-order valence-electron chi connectivity index (χ4n) is 2.33. The summed E-state index contributed by atoms with van der Waals surface area (Å²) in [5, 5.41) is 13.1.